The van der Waals surface area contributed by atoms with E-state index in [2.05, 4.69) is 12.2 Å². The monoisotopic (exact) mass is 291 g/mol. The molecular formula is C15H21N3O3. The molecule has 1 aromatic carbocycles. The van der Waals surface area contributed by atoms with E-state index in [-0.39, 0.29) is 17.2 Å². The van der Waals surface area contributed by atoms with Crippen molar-refractivity contribution in [3.63, 3.8) is 0 Å². The molecule has 0 bridgehead atoms. The summed E-state index contributed by atoms with van der Waals surface area (Å²) in [7, 11) is 0. The number of hydrogen-bond donors (Lipinski definition) is 1. The largest absolute Gasteiger partial charge is 0.385 e. The Balaban J connectivity index is 2.32. The van der Waals surface area contributed by atoms with E-state index in [1.54, 1.807) is 17.0 Å². The van der Waals surface area contributed by atoms with Gasteiger partial charge in [0, 0.05) is 31.4 Å². The van der Waals surface area contributed by atoms with E-state index in [4.69, 9.17) is 0 Å². The van der Waals surface area contributed by atoms with Crippen LogP contribution in [-0.4, -0.2) is 35.4 Å². The van der Waals surface area contributed by atoms with Crippen LogP contribution in [0.25, 0.3) is 0 Å². The van der Waals surface area contributed by atoms with Crippen molar-refractivity contribution in [2.45, 2.75) is 26.7 Å². The minimum absolute atomic E-state index is 0.125. The zero-order valence-corrected chi connectivity index (χ0v) is 12.5. The fourth-order valence-corrected chi connectivity index (χ4v) is 2.72. The number of rotatable bonds is 4. The predicted octanol–water partition coefficient (Wildman–Crippen LogP) is 2.90. The van der Waals surface area contributed by atoms with E-state index in [9.17, 15) is 14.9 Å². The first kappa shape index (κ1) is 15.3. The van der Waals surface area contributed by atoms with Gasteiger partial charge in [0.15, 0.2) is 0 Å². The van der Waals surface area contributed by atoms with Crippen molar-refractivity contribution < 1.29 is 9.72 Å². The van der Waals surface area contributed by atoms with Crippen LogP contribution in [0, 0.1) is 16.0 Å². The Morgan fingerprint density at radius 1 is 1.52 bits per heavy atom. The summed E-state index contributed by atoms with van der Waals surface area (Å²) in [5.41, 5.74) is 0.781. The van der Waals surface area contributed by atoms with Gasteiger partial charge in [0.1, 0.15) is 5.56 Å². The first-order valence-corrected chi connectivity index (χ1v) is 7.34. The van der Waals surface area contributed by atoms with Gasteiger partial charge in [-0.3, -0.25) is 14.9 Å². The molecule has 0 radical (unpaired) electrons. The minimum Gasteiger partial charge on any atom is -0.385 e. The molecule has 0 spiro atoms. The molecule has 1 unspecified atom stereocenters. The summed E-state index contributed by atoms with van der Waals surface area (Å²) in [5.74, 6) is 0.201. The number of nitro benzene ring substituents is 1. The summed E-state index contributed by atoms with van der Waals surface area (Å²) in [5, 5.41) is 14.2. The number of anilines is 1. The zero-order chi connectivity index (χ0) is 15.4. The lowest BCUT2D eigenvalue weighted by atomic mass is 9.99. The molecule has 21 heavy (non-hydrogen) atoms. The number of carbonyl (C=O) groups is 1. The fourth-order valence-electron chi connectivity index (χ4n) is 2.72. The van der Waals surface area contributed by atoms with Gasteiger partial charge in [0.2, 0.25) is 0 Å². The lowest BCUT2D eigenvalue weighted by Crippen LogP contribution is -2.39. The number of carbonyl (C=O) groups excluding carboxylic acids is 1. The van der Waals surface area contributed by atoms with Gasteiger partial charge in [0.05, 0.1) is 4.92 Å². The molecule has 1 aliphatic heterocycles. The lowest BCUT2D eigenvalue weighted by Gasteiger charge is -2.31. The van der Waals surface area contributed by atoms with Crippen molar-refractivity contribution in [1.29, 1.82) is 0 Å². The summed E-state index contributed by atoms with van der Waals surface area (Å²) in [6.07, 6.45) is 2.05. The highest BCUT2D eigenvalue weighted by Crippen LogP contribution is 2.26. The molecule has 0 saturated carbocycles. The molecule has 1 saturated heterocycles. The number of likely N-dealkylation sites (tertiary alicyclic amines) is 1. The van der Waals surface area contributed by atoms with E-state index in [0.717, 1.165) is 18.5 Å². The molecule has 1 fully saturated rings. The molecule has 114 valence electrons. The number of benzene rings is 1. The van der Waals surface area contributed by atoms with Crippen LogP contribution >= 0.6 is 0 Å². The van der Waals surface area contributed by atoms with Crippen LogP contribution in [0.1, 0.15) is 37.0 Å². The first-order chi connectivity index (χ1) is 10.0. The maximum absolute atomic E-state index is 12.6. The Kier molecular flexibility index (Phi) is 4.77. The topological polar surface area (TPSA) is 75.5 Å². The van der Waals surface area contributed by atoms with Crippen molar-refractivity contribution in [2.75, 3.05) is 25.0 Å². The zero-order valence-electron chi connectivity index (χ0n) is 12.5. The van der Waals surface area contributed by atoms with E-state index >= 15 is 0 Å². The van der Waals surface area contributed by atoms with Crippen LogP contribution < -0.4 is 5.32 Å². The average Bonchev–Trinajstić information content (AvgIpc) is 2.46. The molecule has 6 nitrogen and oxygen atoms in total. The smallest absolute Gasteiger partial charge is 0.282 e. The molecule has 1 atom stereocenters. The van der Waals surface area contributed by atoms with E-state index in [1.807, 2.05) is 6.92 Å². The Morgan fingerprint density at radius 2 is 2.29 bits per heavy atom. The molecule has 0 aromatic heterocycles. The third-order valence-corrected chi connectivity index (χ3v) is 3.75. The normalized spacial score (nSPS) is 18.4. The molecule has 1 aromatic rings. The second-order valence-corrected chi connectivity index (χ2v) is 5.52. The van der Waals surface area contributed by atoms with Crippen molar-refractivity contribution in [1.82, 2.24) is 4.90 Å². The van der Waals surface area contributed by atoms with Gasteiger partial charge in [-0.25, -0.2) is 0 Å². The van der Waals surface area contributed by atoms with Gasteiger partial charge in [-0.1, -0.05) is 6.92 Å². The maximum Gasteiger partial charge on any atom is 0.282 e. The van der Waals surface area contributed by atoms with Crippen LogP contribution in [0.5, 0.6) is 0 Å². The van der Waals surface area contributed by atoms with Crippen LogP contribution in [0.15, 0.2) is 18.2 Å². The Morgan fingerprint density at radius 3 is 2.90 bits per heavy atom. The van der Waals surface area contributed by atoms with Gasteiger partial charge in [-0.15, -0.1) is 0 Å². The number of piperidine rings is 1. The minimum atomic E-state index is -0.490. The van der Waals surface area contributed by atoms with E-state index in [1.165, 1.54) is 6.07 Å². The molecule has 6 heteroatoms. The van der Waals surface area contributed by atoms with Crippen LogP contribution in [-0.2, 0) is 0 Å². The van der Waals surface area contributed by atoms with Crippen molar-refractivity contribution in [3.8, 4) is 0 Å². The highest BCUT2D eigenvalue weighted by Gasteiger charge is 2.27. The summed E-state index contributed by atoms with van der Waals surface area (Å²) in [4.78, 5) is 25.0. The number of amides is 1. The van der Waals surface area contributed by atoms with Gasteiger partial charge in [0.25, 0.3) is 11.6 Å². The molecule has 1 aliphatic rings. The Hall–Kier alpha value is -2.11. The summed E-state index contributed by atoms with van der Waals surface area (Å²) in [6.45, 7) is 6.08. The first-order valence-electron chi connectivity index (χ1n) is 7.34. The standard InChI is InChI=1S/C15H21N3O3/c1-3-16-12-6-7-14(18(20)21)13(9-12)15(19)17-8-4-5-11(2)10-17/h6-7,9,11,16H,3-5,8,10H2,1-2H3. The lowest BCUT2D eigenvalue weighted by molar-refractivity contribution is -0.385. The Bertz CT molecular complexity index is 545. The molecule has 2 rings (SSSR count). The van der Waals surface area contributed by atoms with Crippen LogP contribution in [0.3, 0.4) is 0 Å². The molecule has 1 amide bonds. The summed E-state index contributed by atoms with van der Waals surface area (Å²) in [6, 6.07) is 4.62. The number of hydrogen-bond acceptors (Lipinski definition) is 4. The summed E-state index contributed by atoms with van der Waals surface area (Å²) < 4.78 is 0. The SMILES string of the molecule is CCNc1ccc([N+](=O)[O-])c(C(=O)N2CCCC(C)C2)c1. The van der Waals surface area contributed by atoms with Crippen LogP contribution in [0.4, 0.5) is 11.4 Å². The highest BCUT2D eigenvalue weighted by atomic mass is 16.6. The van der Waals surface area contributed by atoms with Gasteiger partial charge in [-0.2, -0.15) is 0 Å². The van der Waals surface area contributed by atoms with Crippen molar-refractivity contribution in [2.24, 2.45) is 5.92 Å². The predicted molar refractivity (Wildman–Crippen MR) is 81.6 cm³/mol. The van der Waals surface area contributed by atoms with Crippen molar-refractivity contribution in [3.05, 3.63) is 33.9 Å². The summed E-state index contributed by atoms with van der Waals surface area (Å²) >= 11 is 0. The molecule has 1 heterocycles. The van der Waals surface area contributed by atoms with Crippen LogP contribution in [0.2, 0.25) is 0 Å². The molecular weight excluding hydrogens is 270 g/mol. The molecule has 0 aliphatic carbocycles. The average molecular weight is 291 g/mol. The second kappa shape index (κ2) is 6.56. The highest BCUT2D eigenvalue weighted by molar-refractivity contribution is 5.99. The third kappa shape index (κ3) is 3.51. The fraction of sp³-hybridized carbons (Fsp3) is 0.533. The quantitative estimate of drug-likeness (QED) is 0.683. The second-order valence-electron chi connectivity index (χ2n) is 5.52. The molecule has 1 N–H and O–H groups in total. The van der Waals surface area contributed by atoms with Crippen molar-refractivity contribution >= 4 is 17.3 Å². The van der Waals surface area contributed by atoms with E-state index < -0.39 is 4.92 Å². The van der Waals surface area contributed by atoms with Gasteiger partial charge >= 0.3 is 0 Å². The maximum atomic E-state index is 12.6. The third-order valence-electron chi connectivity index (χ3n) is 3.75. The van der Waals surface area contributed by atoms with E-state index in [0.29, 0.717) is 25.6 Å². The van der Waals surface area contributed by atoms with Gasteiger partial charge in [-0.05, 0) is 37.8 Å². The van der Waals surface area contributed by atoms with Gasteiger partial charge < -0.3 is 10.2 Å². The number of nitro groups is 1. The number of nitrogens with one attached hydrogen (secondary N) is 1. The number of nitrogens with zero attached hydrogens (tertiary/aromatic N) is 2. The Labute approximate surface area is 124 Å².